The van der Waals surface area contributed by atoms with Crippen molar-refractivity contribution in [2.45, 2.75) is 54.8 Å². The first kappa shape index (κ1) is 12.4. The van der Waals surface area contributed by atoms with Gasteiger partial charge >= 0.3 is 0 Å². The van der Waals surface area contributed by atoms with Crippen LogP contribution in [-0.4, -0.2) is 34.4 Å². The Kier molecular flexibility index (Phi) is 3.29. The van der Waals surface area contributed by atoms with Gasteiger partial charge in [-0.05, 0) is 63.4 Å². The van der Waals surface area contributed by atoms with Gasteiger partial charge in [-0.2, -0.15) is 0 Å². The van der Waals surface area contributed by atoms with E-state index in [4.69, 9.17) is 0 Å². The summed E-state index contributed by atoms with van der Waals surface area (Å²) in [5.74, 6) is 0.405. The largest absolute Gasteiger partial charge is 0.508 e. The van der Waals surface area contributed by atoms with Crippen molar-refractivity contribution in [2.24, 2.45) is 0 Å². The molecule has 1 N–H and O–H groups in total. The van der Waals surface area contributed by atoms with Crippen LogP contribution in [0.25, 0.3) is 0 Å². The summed E-state index contributed by atoms with van der Waals surface area (Å²) in [6.45, 7) is 1.97. The predicted molar refractivity (Wildman–Crippen MR) is 76.3 cm³/mol. The van der Waals surface area contributed by atoms with Gasteiger partial charge in [-0.3, -0.25) is 0 Å². The van der Waals surface area contributed by atoms with Crippen LogP contribution < -0.4 is 0 Å². The molecule has 0 saturated carbocycles. The van der Waals surface area contributed by atoms with E-state index in [1.807, 2.05) is 30.8 Å². The van der Waals surface area contributed by atoms with Crippen LogP contribution in [0.2, 0.25) is 0 Å². The Hall–Kier alpha value is -0.670. The summed E-state index contributed by atoms with van der Waals surface area (Å²) in [4.78, 5) is 3.89. The fourth-order valence-corrected chi connectivity index (χ4v) is 4.76. The molecule has 3 heteroatoms. The van der Waals surface area contributed by atoms with Gasteiger partial charge in [0.05, 0.1) is 0 Å². The Balaban J connectivity index is 1.68. The number of rotatable bonds is 2. The smallest absolute Gasteiger partial charge is 0.118 e. The first-order chi connectivity index (χ1) is 8.63. The van der Waals surface area contributed by atoms with Gasteiger partial charge in [0, 0.05) is 22.2 Å². The Morgan fingerprint density at radius 2 is 1.89 bits per heavy atom. The molecule has 2 bridgehead atoms. The van der Waals surface area contributed by atoms with E-state index in [0.29, 0.717) is 5.75 Å². The van der Waals surface area contributed by atoms with E-state index in [0.717, 1.165) is 22.9 Å². The van der Waals surface area contributed by atoms with Crippen LogP contribution in [0.4, 0.5) is 0 Å². The molecule has 2 aliphatic heterocycles. The molecule has 0 spiro atoms. The zero-order valence-electron chi connectivity index (χ0n) is 11.1. The van der Waals surface area contributed by atoms with E-state index in [1.54, 1.807) is 0 Å². The van der Waals surface area contributed by atoms with Crippen molar-refractivity contribution < 1.29 is 5.11 Å². The summed E-state index contributed by atoms with van der Waals surface area (Å²) in [5, 5.41) is 10.3. The number of aromatic hydroxyl groups is 1. The van der Waals surface area contributed by atoms with Gasteiger partial charge in [0.2, 0.25) is 0 Å². The average molecular weight is 263 g/mol. The standard InChI is InChI=1S/C15H21NOS/c1-10-7-13(5-6-15(10)17)18-14-8-11-3-4-12(9-14)16(11)2/h5-7,11-12,14,17H,3-4,8-9H2,1-2H3. The molecule has 2 atom stereocenters. The van der Waals surface area contributed by atoms with E-state index in [9.17, 15) is 5.11 Å². The van der Waals surface area contributed by atoms with Gasteiger partial charge < -0.3 is 10.0 Å². The number of piperidine rings is 1. The number of thioether (sulfide) groups is 1. The van der Waals surface area contributed by atoms with Crippen molar-refractivity contribution in [3.63, 3.8) is 0 Å². The molecule has 0 aromatic heterocycles. The molecular formula is C15H21NOS. The third-order valence-corrected chi connectivity index (χ3v) is 5.77. The third kappa shape index (κ3) is 2.26. The van der Waals surface area contributed by atoms with Crippen LogP contribution in [0.3, 0.4) is 0 Å². The SMILES string of the molecule is Cc1cc(SC2CC3CCC(C2)N3C)ccc1O. The number of hydrogen-bond acceptors (Lipinski definition) is 3. The number of phenolic OH excluding ortho intramolecular Hbond substituents is 1. The van der Waals surface area contributed by atoms with Gasteiger partial charge in [0.1, 0.15) is 5.75 Å². The second-order valence-electron chi connectivity index (χ2n) is 5.71. The van der Waals surface area contributed by atoms with Crippen molar-refractivity contribution in [1.82, 2.24) is 4.90 Å². The molecule has 0 amide bonds. The minimum atomic E-state index is 0.405. The van der Waals surface area contributed by atoms with Gasteiger partial charge in [0.15, 0.2) is 0 Å². The van der Waals surface area contributed by atoms with E-state index in [1.165, 1.54) is 30.6 Å². The van der Waals surface area contributed by atoms with Gasteiger partial charge in [-0.1, -0.05) is 0 Å². The van der Waals surface area contributed by atoms with Crippen LogP contribution >= 0.6 is 11.8 Å². The number of hydrogen-bond donors (Lipinski definition) is 1. The van der Waals surface area contributed by atoms with Crippen molar-refractivity contribution >= 4 is 11.8 Å². The van der Waals surface area contributed by atoms with E-state index < -0.39 is 0 Å². The van der Waals surface area contributed by atoms with Crippen LogP contribution in [0, 0.1) is 6.92 Å². The first-order valence-corrected chi connectivity index (χ1v) is 7.69. The van der Waals surface area contributed by atoms with Crippen LogP contribution in [0.5, 0.6) is 5.75 Å². The minimum absolute atomic E-state index is 0.405. The number of phenols is 1. The minimum Gasteiger partial charge on any atom is -0.508 e. The normalized spacial score (nSPS) is 31.8. The summed E-state index contributed by atoms with van der Waals surface area (Å²) in [6.07, 6.45) is 5.40. The molecule has 0 radical (unpaired) electrons. The molecule has 2 heterocycles. The maximum atomic E-state index is 9.56. The maximum Gasteiger partial charge on any atom is 0.118 e. The fourth-order valence-electron chi connectivity index (χ4n) is 3.35. The fraction of sp³-hybridized carbons (Fsp3) is 0.600. The van der Waals surface area contributed by atoms with Gasteiger partial charge in [-0.25, -0.2) is 0 Å². The highest BCUT2D eigenvalue weighted by Gasteiger charge is 2.38. The maximum absolute atomic E-state index is 9.56. The zero-order chi connectivity index (χ0) is 12.7. The predicted octanol–water partition coefficient (Wildman–Crippen LogP) is 3.42. The van der Waals surface area contributed by atoms with Crippen molar-refractivity contribution in [2.75, 3.05) is 7.05 Å². The van der Waals surface area contributed by atoms with Crippen molar-refractivity contribution in [3.8, 4) is 5.75 Å². The second kappa shape index (κ2) is 4.78. The molecule has 0 aliphatic carbocycles. The average Bonchev–Trinajstić information content (AvgIpc) is 2.58. The van der Waals surface area contributed by atoms with Crippen LogP contribution in [-0.2, 0) is 0 Å². The van der Waals surface area contributed by atoms with E-state index in [-0.39, 0.29) is 0 Å². The highest BCUT2D eigenvalue weighted by Crippen LogP contribution is 2.41. The molecule has 3 rings (SSSR count). The highest BCUT2D eigenvalue weighted by molar-refractivity contribution is 8.00. The van der Waals surface area contributed by atoms with Gasteiger partial charge in [-0.15, -0.1) is 11.8 Å². The lowest BCUT2D eigenvalue weighted by Gasteiger charge is -2.36. The van der Waals surface area contributed by atoms with Crippen molar-refractivity contribution in [1.29, 1.82) is 0 Å². The van der Waals surface area contributed by atoms with Crippen LogP contribution in [0.1, 0.15) is 31.2 Å². The second-order valence-corrected chi connectivity index (χ2v) is 7.08. The molecule has 98 valence electrons. The summed E-state index contributed by atoms with van der Waals surface area (Å²) < 4.78 is 0. The Morgan fingerprint density at radius 1 is 1.22 bits per heavy atom. The molecular weight excluding hydrogens is 242 g/mol. The zero-order valence-corrected chi connectivity index (χ0v) is 11.9. The lowest BCUT2D eigenvalue weighted by Crippen LogP contribution is -2.40. The topological polar surface area (TPSA) is 23.5 Å². The molecule has 2 nitrogen and oxygen atoms in total. The number of nitrogens with zero attached hydrogens (tertiary/aromatic N) is 1. The monoisotopic (exact) mass is 263 g/mol. The third-order valence-electron chi connectivity index (χ3n) is 4.53. The lowest BCUT2D eigenvalue weighted by atomic mass is 10.0. The Bertz CT molecular complexity index is 434. The highest BCUT2D eigenvalue weighted by atomic mass is 32.2. The number of aryl methyl sites for hydroxylation is 1. The van der Waals surface area contributed by atoms with E-state index >= 15 is 0 Å². The number of benzene rings is 1. The first-order valence-electron chi connectivity index (χ1n) is 6.81. The summed E-state index contributed by atoms with van der Waals surface area (Å²) in [5.41, 5.74) is 0.982. The molecule has 1 aromatic rings. The molecule has 2 unspecified atom stereocenters. The molecule has 2 fully saturated rings. The molecule has 2 saturated heterocycles. The quantitative estimate of drug-likeness (QED) is 0.884. The van der Waals surface area contributed by atoms with Gasteiger partial charge in [0.25, 0.3) is 0 Å². The Morgan fingerprint density at radius 3 is 2.50 bits per heavy atom. The molecule has 2 aliphatic rings. The summed E-state index contributed by atoms with van der Waals surface area (Å²) >= 11 is 2.00. The molecule has 1 aromatic carbocycles. The van der Waals surface area contributed by atoms with E-state index in [2.05, 4.69) is 18.0 Å². The summed E-state index contributed by atoms with van der Waals surface area (Å²) in [7, 11) is 2.29. The number of fused-ring (bicyclic) bond motifs is 2. The van der Waals surface area contributed by atoms with Crippen molar-refractivity contribution in [3.05, 3.63) is 23.8 Å². The lowest BCUT2D eigenvalue weighted by molar-refractivity contribution is 0.183. The van der Waals surface area contributed by atoms with Crippen LogP contribution in [0.15, 0.2) is 23.1 Å². The Labute approximate surface area is 113 Å². The molecule has 18 heavy (non-hydrogen) atoms. The summed E-state index contributed by atoms with van der Waals surface area (Å²) in [6, 6.07) is 7.59.